The zero-order valence-corrected chi connectivity index (χ0v) is 24.2. The van der Waals surface area contributed by atoms with Crippen molar-refractivity contribution in [2.24, 2.45) is 11.8 Å². The van der Waals surface area contributed by atoms with Crippen LogP contribution in [0.1, 0.15) is 36.8 Å². The van der Waals surface area contributed by atoms with Gasteiger partial charge in [-0.2, -0.15) is 0 Å². The maximum absolute atomic E-state index is 13.5. The Labute approximate surface area is 244 Å². The number of carbonyl (C=O) groups excluding carboxylic acids is 2. The van der Waals surface area contributed by atoms with Crippen molar-refractivity contribution in [3.05, 3.63) is 100 Å². The van der Waals surface area contributed by atoms with Gasteiger partial charge in [0.1, 0.15) is 0 Å². The Hall–Kier alpha value is -3.91. The molecule has 1 aromatic heterocycles. The van der Waals surface area contributed by atoms with E-state index in [1.54, 1.807) is 10.6 Å². The van der Waals surface area contributed by atoms with Gasteiger partial charge in [0.05, 0.1) is 16.7 Å². The van der Waals surface area contributed by atoms with Gasteiger partial charge in [0.2, 0.25) is 11.8 Å². The molecule has 2 N–H and O–H groups in total. The van der Waals surface area contributed by atoms with Crippen molar-refractivity contribution in [1.29, 1.82) is 0 Å². The van der Waals surface area contributed by atoms with E-state index in [0.29, 0.717) is 29.1 Å². The largest absolute Gasteiger partial charge is 0.356 e. The highest BCUT2D eigenvalue weighted by Gasteiger charge is 2.27. The molecule has 1 aliphatic carbocycles. The standard InChI is InChI=1S/C33H36N4O3S/c1-23-11-17-27(18-12-23)35-30(38)22-41-33-36-29-10-6-5-9-28(29)32(40)37(33)21-25-13-15-26(16-14-25)31(39)34-20-19-24-7-3-2-4-8-24/h2-12,17-18,25-26H,13-16,19-22H2,1H3,(H,34,39)(H,35,38). The molecule has 1 saturated carbocycles. The van der Waals surface area contributed by atoms with Gasteiger partial charge < -0.3 is 10.6 Å². The summed E-state index contributed by atoms with van der Waals surface area (Å²) in [6.45, 7) is 3.17. The number of nitrogens with one attached hydrogen (secondary N) is 2. The van der Waals surface area contributed by atoms with E-state index in [9.17, 15) is 14.4 Å². The molecule has 7 nitrogen and oxygen atoms in total. The monoisotopic (exact) mass is 568 g/mol. The van der Waals surface area contributed by atoms with E-state index in [1.807, 2.05) is 67.6 Å². The predicted octanol–water partition coefficient (Wildman–Crippen LogP) is 5.60. The first kappa shape index (κ1) is 28.6. The highest BCUT2D eigenvalue weighted by atomic mass is 32.2. The van der Waals surface area contributed by atoms with Crippen LogP contribution in [0.5, 0.6) is 0 Å². The third-order valence-corrected chi connectivity index (χ3v) is 8.68. The van der Waals surface area contributed by atoms with Crippen molar-refractivity contribution < 1.29 is 9.59 Å². The van der Waals surface area contributed by atoms with E-state index in [4.69, 9.17) is 4.98 Å². The number of benzene rings is 3. The summed E-state index contributed by atoms with van der Waals surface area (Å²) in [6.07, 6.45) is 4.17. The zero-order chi connectivity index (χ0) is 28.6. The van der Waals surface area contributed by atoms with Crippen molar-refractivity contribution in [1.82, 2.24) is 14.9 Å². The number of aryl methyl sites for hydroxylation is 1. The van der Waals surface area contributed by atoms with E-state index < -0.39 is 0 Å². The van der Waals surface area contributed by atoms with Gasteiger partial charge in [-0.3, -0.25) is 19.0 Å². The number of para-hydroxylation sites is 1. The van der Waals surface area contributed by atoms with Crippen LogP contribution in [-0.2, 0) is 22.6 Å². The Morgan fingerprint density at radius 1 is 0.927 bits per heavy atom. The number of hydrogen-bond acceptors (Lipinski definition) is 5. The lowest BCUT2D eigenvalue weighted by Gasteiger charge is -2.28. The number of aromatic nitrogens is 2. The van der Waals surface area contributed by atoms with E-state index in [-0.39, 0.29) is 35.0 Å². The van der Waals surface area contributed by atoms with Crippen molar-refractivity contribution in [3.63, 3.8) is 0 Å². The van der Waals surface area contributed by atoms with Gasteiger partial charge in [0.15, 0.2) is 5.16 Å². The Morgan fingerprint density at radius 3 is 2.39 bits per heavy atom. The maximum atomic E-state index is 13.5. The second-order valence-electron chi connectivity index (χ2n) is 10.8. The van der Waals surface area contributed by atoms with Crippen LogP contribution >= 0.6 is 11.8 Å². The average Bonchev–Trinajstić information content (AvgIpc) is 3.00. The molecule has 1 aliphatic rings. The van der Waals surface area contributed by atoms with Crippen molar-refractivity contribution in [2.45, 2.75) is 50.7 Å². The molecule has 0 bridgehead atoms. The SMILES string of the molecule is Cc1ccc(NC(=O)CSc2nc3ccccc3c(=O)n2CC2CCC(C(=O)NCCc3ccccc3)CC2)cc1. The molecule has 41 heavy (non-hydrogen) atoms. The number of anilines is 1. The van der Waals surface area contributed by atoms with E-state index in [1.165, 1.54) is 17.3 Å². The van der Waals surface area contributed by atoms with Gasteiger partial charge in [0.25, 0.3) is 5.56 Å². The molecule has 212 valence electrons. The third-order valence-electron chi connectivity index (χ3n) is 7.71. The van der Waals surface area contributed by atoms with Gasteiger partial charge >= 0.3 is 0 Å². The summed E-state index contributed by atoms with van der Waals surface area (Å²) in [5.74, 6) is 0.401. The fraction of sp³-hybridized carbons (Fsp3) is 0.333. The van der Waals surface area contributed by atoms with Gasteiger partial charge in [0, 0.05) is 24.7 Å². The normalized spacial score (nSPS) is 16.8. The Bertz CT molecular complexity index is 1540. The number of fused-ring (bicyclic) bond motifs is 1. The number of nitrogens with zero attached hydrogens (tertiary/aromatic N) is 2. The second kappa shape index (κ2) is 13.6. The minimum Gasteiger partial charge on any atom is -0.356 e. The van der Waals surface area contributed by atoms with Crippen LogP contribution in [0, 0.1) is 18.8 Å². The van der Waals surface area contributed by atoms with Crippen molar-refractivity contribution in [3.8, 4) is 0 Å². The molecule has 0 aliphatic heterocycles. The fourth-order valence-corrected chi connectivity index (χ4v) is 6.18. The summed E-state index contributed by atoms with van der Waals surface area (Å²) in [6, 6.07) is 25.2. The topological polar surface area (TPSA) is 93.1 Å². The van der Waals surface area contributed by atoms with Gasteiger partial charge in [-0.1, -0.05) is 71.9 Å². The summed E-state index contributed by atoms with van der Waals surface area (Å²) in [7, 11) is 0. The number of amides is 2. The first-order valence-corrected chi connectivity index (χ1v) is 15.3. The van der Waals surface area contributed by atoms with E-state index in [2.05, 4.69) is 22.8 Å². The van der Waals surface area contributed by atoms with Crippen LogP contribution in [0.4, 0.5) is 5.69 Å². The minimum absolute atomic E-state index is 0.00721. The molecule has 1 heterocycles. The second-order valence-corrected chi connectivity index (χ2v) is 11.7. The highest BCUT2D eigenvalue weighted by molar-refractivity contribution is 7.99. The lowest BCUT2D eigenvalue weighted by molar-refractivity contribution is -0.126. The molecule has 0 atom stereocenters. The Morgan fingerprint density at radius 2 is 1.63 bits per heavy atom. The summed E-state index contributed by atoms with van der Waals surface area (Å²) < 4.78 is 1.73. The number of carbonyl (C=O) groups is 2. The van der Waals surface area contributed by atoms with Crippen molar-refractivity contribution >= 4 is 40.2 Å². The molecule has 4 aromatic rings. The Balaban J connectivity index is 1.20. The minimum atomic E-state index is -0.147. The van der Waals surface area contributed by atoms with Gasteiger partial charge in [-0.15, -0.1) is 0 Å². The maximum Gasteiger partial charge on any atom is 0.262 e. The third kappa shape index (κ3) is 7.64. The summed E-state index contributed by atoms with van der Waals surface area (Å²) in [4.78, 5) is 43.8. The summed E-state index contributed by atoms with van der Waals surface area (Å²) in [5.41, 5.74) is 3.63. The molecule has 0 unspecified atom stereocenters. The quantitative estimate of drug-likeness (QED) is 0.192. The van der Waals surface area contributed by atoms with E-state index >= 15 is 0 Å². The number of hydrogen-bond donors (Lipinski definition) is 2. The van der Waals surface area contributed by atoms with Crippen LogP contribution in [0.15, 0.2) is 88.8 Å². The molecule has 2 amide bonds. The molecule has 5 rings (SSSR count). The molecule has 3 aromatic carbocycles. The molecule has 0 spiro atoms. The van der Waals surface area contributed by atoms with Crippen molar-refractivity contribution in [2.75, 3.05) is 17.6 Å². The molecular formula is C33H36N4O3S. The zero-order valence-electron chi connectivity index (χ0n) is 23.3. The lowest BCUT2D eigenvalue weighted by Crippen LogP contribution is -2.35. The van der Waals surface area contributed by atoms with Crippen LogP contribution in [0.25, 0.3) is 10.9 Å². The molecule has 0 radical (unpaired) electrons. The Kier molecular flexibility index (Phi) is 9.51. The highest BCUT2D eigenvalue weighted by Crippen LogP contribution is 2.31. The number of thioether (sulfide) groups is 1. The number of rotatable bonds is 10. The molecule has 8 heteroatoms. The van der Waals surface area contributed by atoms with Gasteiger partial charge in [-0.05, 0) is 74.8 Å². The smallest absolute Gasteiger partial charge is 0.262 e. The van der Waals surface area contributed by atoms with Crippen LogP contribution in [-0.4, -0.2) is 33.7 Å². The van der Waals surface area contributed by atoms with Crippen LogP contribution in [0.3, 0.4) is 0 Å². The first-order valence-electron chi connectivity index (χ1n) is 14.3. The fourth-order valence-electron chi connectivity index (χ4n) is 5.37. The molecular weight excluding hydrogens is 532 g/mol. The van der Waals surface area contributed by atoms with Crippen LogP contribution < -0.4 is 16.2 Å². The lowest BCUT2D eigenvalue weighted by atomic mass is 9.81. The predicted molar refractivity (Wildman–Crippen MR) is 165 cm³/mol. The summed E-state index contributed by atoms with van der Waals surface area (Å²) in [5, 5.41) is 7.15. The van der Waals surface area contributed by atoms with Crippen LogP contribution in [0.2, 0.25) is 0 Å². The molecule has 0 saturated heterocycles. The summed E-state index contributed by atoms with van der Waals surface area (Å²) >= 11 is 1.28. The average molecular weight is 569 g/mol. The molecule has 1 fully saturated rings. The van der Waals surface area contributed by atoms with Gasteiger partial charge in [-0.25, -0.2) is 4.98 Å². The van der Waals surface area contributed by atoms with E-state index in [0.717, 1.165) is 43.4 Å². The first-order chi connectivity index (χ1) is 20.0.